The van der Waals surface area contributed by atoms with Gasteiger partial charge in [0.25, 0.3) is 0 Å². The molecule has 0 fully saturated rings. The highest BCUT2D eigenvalue weighted by atomic mass is 15.2. The summed E-state index contributed by atoms with van der Waals surface area (Å²) in [6, 6.07) is 9.03. The van der Waals surface area contributed by atoms with E-state index in [1.54, 1.807) is 0 Å². The molecule has 0 aliphatic heterocycles. The maximum atomic E-state index is 3.36. The second-order valence-corrected chi connectivity index (χ2v) is 5.68. The Morgan fingerprint density at radius 3 is 2.10 bits per heavy atom. The van der Waals surface area contributed by atoms with E-state index < -0.39 is 0 Å². The van der Waals surface area contributed by atoms with E-state index in [1.807, 2.05) is 0 Å². The molecule has 0 aliphatic carbocycles. The van der Waals surface area contributed by atoms with Crippen LogP contribution in [0.1, 0.15) is 31.4 Å². The standard InChI is InChI=1S/C17H31N3/c1-5-11-20(13-12-19(3)4)15-17-9-7-16(8-10-17)14-18-6-2/h7-10,18H,5-6,11-15H2,1-4H3. The molecule has 0 aromatic heterocycles. The average Bonchev–Trinajstić information content (AvgIpc) is 2.44. The minimum atomic E-state index is 0.968. The van der Waals surface area contributed by atoms with Gasteiger partial charge in [-0.1, -0.05) is 38.1 Å². The first kappa shape index (κ1) is 17.2. The van der Waals surface area contributed by atoms with Gasteiger partial charge in [-0.25, -0.2) is 0 Å². The third-order valence-electron chi connectivity index (χ3n) is 3.41. The van der Waals surface area contributed by atoms with Crippen LogP contribution >= 0.6 is 0 Å². The van der Waals surface area contributed by atoms with E-state index in [0.717, 1.165) is 32.7 Å². The number of likely N-dealkylation sites (N-methyl/N-ethyl adjacent to an activating group) is 1. The van der Waals surface area contributed by atoms with Gasteiger partial charge in [0, 0.05) is 26.2 Å². The summed E-state index contributed by atoms with van der Waals surface area (Å²) in [5, 5.41) is 3.36. The molecule has 0 aliphatic rings. The fraction of sp³-hybridized carbons (Fsp3) is 0.647. The first-order valence-electron chi connectivity index (χ1n) is 7.81. The third-order valence-corrected chi connectivity index (χ3v) is 3.41. The molecule has 0 atom stereocenters. The lowest BCUT2D eigenvalue weighted by Gasteiger charge is -2.23. The highest BCUT2D eigenvalue weighted by molar-refractivity contribution is 5.22. The molecular formula is C17H31N3. The summed E-state index contributed by atoms with van der Waals surface area (Å²) in [7, 11) is 4.28. The van der Waals surface area contributed by atoms with E-state index in [1.165, 1.54) is 24.1 Å². The van der Waals surface area contributed by atoms with Crippen LogP contribution in [0.4, 0.5) is 0 Å². The summed E-state index contributed by atoms with van der Waals surface area (Å²) in [6.45, 7) is 10.9. The van der Waals surface area contributed by atoms with Crippen molar-refractivity contribution in [3.8, 4) is 0 Å². The summed E-state index contributed by atoms with van der Waals surface area (Å²) in [5.74, 6) is 0. The fourth-order valence-corrected chi connectivity index (χ4v) is 2.22. The molecule has 1 N–H and O–H groups in total. The monoisotopic (exact) mass is 277 g/mol. The van der Waals surface area contributed by atoms with Crippen LogP contribution in [0.2, 0.25) is 0 Å². The zero-order valence-electron chi connectivity index (χ0n) is 13.7. The zero-order valence-corrected chi connectivity index (χ0v) is 13.7. The molecule has 1 aromatic carbocycles. The molecule has 0 spiro atoms. The van der Waals surface area contributed by atoms with Crippen LogP contribution < -0.4 is 5.32 Å². The Labute approximate surface area is 125 Å². The summed E-state index contributed by atoms with van der Waals surface area (Å²) >= 11 is 0. The Morgan fingerprint density at radius 1 is 0.900 bits per heavy atom. The third kappa shape index (κ3) is 7.04. The van der Waals surface area contributed by atoms with Crippen molar-refractivity contribution in [2.45, 2.75) is 33.4 Å². The second-order valence-electron chi connectivity index (χ2n) is 5.68. The van der Waals surface area contributed by atoms with Gasteiger partial charge in [-0.2, -0.15) is 0 Å². The van der Waals surface area contributed by atoms with Crippen LogP contribution in [-0.4, -0.2) is 50.1 Å². The smallest absolute Gasteiger partial charge is 0.0234 e. The van der Waals surface area contributed by atoms with Crippen LogP contribution in [0.3, 0.4) is 0 Å². The Morgan fingerprint density at radius 2 is 1.55 bits per heavy atom. The molecule has 0 saturated carbocycles. The van der Waals surface area contributed by atoms with Crippen molar-refractivity contribution in [2.24, 2.45) is 0 Å². The highest BCUT2D eigenvalue weighted by Gasteiger charge is 2.05. The van der Waals surface area contributed by atoms with Crippen LogP contribution in [-0.2, 0) is 13.1 Å². The first-order chi connectivity index (χ1) is 9.65. The lowest BCUT2D eigenvalue weighted by atomic mass is 10.1. The molecule has 3 heteroatoms. The molecule has 0 saturated heterocycles. The molecule has 1 aromatic rings. The largest absolute Gasteiger partial charge is 0.313 e. The van der Waals surface area contributed by atoms with Gasteiger partial charge in [-0.05, 0) is 44.7 Å². The van der Waals surface area contributed by atoms with Crippen molar-refractivity contribution in [1.82, 2.24) is 15.1 Å². The molecule has 3 nitrogen and oxygen atoms in total. The van der Waals surface area contributed by atoms with Gasteiger partial charge >= 0.3 is 0 Å². The molecule has 0 unspecified atom stereocenters. The van der Waals surface area contributed by atoms with Crippen molar-refractivity contribution in [3.63, 3.8) is 0 Å². The van der Waals surface area contributed by atoms with Crippen molar-refractivity contribution in [3.05, 3.63) is 35.4 Å². The minimum Gasteiger partial charge on any atom is -0.313 e. The van der Waals surface area contributed by atoms with Gasteiger partial charge < -0.3 is 10.2 Å². The second kappa shape index (κ2) is 9.92. The van der Waals surface area contributed by atoms with E-state index in [4.69, 9.17) is 0 Å². The number of rotatable bonds is 10. The summed E-state index contributed by atoms with van der Waals surface area (Å²) in [6.07, 6.45) is 1.21. The number of benzene rings is 1. The normalized spacial score (nSPS) is 11.5. The van der Waals surface area contributed by atoms with Crippen molar-refractivity contribution >= 4 is 0 Å². The topological polar surface area (TPSA) is 18.5 Å². The molecular weight excluding hydrogens is 246 g/mol. The minimum absolute atomic E-state index is 0.968. The summed E-state index contributed by atoms with van der Waals surface area (Å²) in [4.78, 5) is 4.79. The van der Waals surface area contributed by atoms with Crippen molar-refractivity contribution < 1.29 is 0 Å². The maximum absolute atomic E-state index is 3.36. The maximum Gasteiger partial charge on any atom is 0.0234 e. The molecule has 20 heavy (non-hydrogen) atoms. The van der Waals surface area contributed by atoms with Gasteiger partial charge in [0.2, 0.25) is 0 Å². The van der Waals surface area contributed by atoms with Crippen LogP contribution in [0, 0.1) is 0 Å². The predicted octanol–water partition coefficient (Wildman–Crippen LogP) is 2.57. The summed E-state index contributed by atoms with van der Waals surface area (Å²) < 4.78 is 0. The first-order valence-corrected chi connectivity index (χ1v) is 7.81. The quantitative estimate of drug-likeness (QED) is 0.709. The Balaban J connectivity index is 2.50. The number of hydrogen-bond acceptors (Lipinski definition) is 3. The van der Waals surface area contributed by atoms with Crippen LogP contribution in [0.15, 0.2) is 24.3 Å². The molecule has 0 heterocycles. The van der Waals surface area contributed by atoms with E-state index in [-0.39, 0.29) is 0 Å². The molecule has 1 rings (SSSR count). The molecule has 0 amide bonds. The van der Waals surface area contributed by atoms with Gasteiger partial charge in [-0.15, -0.1) is 0 Å². The van der Waals surface area contributed by atoms with Gasteiger partial charge in [0.15, 0.2) is 0 Å². The Bertz CT molecular complexity index is 346. The SMILES string of the molecule is CCCN(CCN(C)C)Cc1ccc(CNCC)cc1. The lowest BCUT2D eigenvalue weighted by Crippen LogP contribution is -2.32. The van der Waals surface area contributed by atoms with Gasteiger partial charge in [0.1, 0.15) is 0 Å². The fourth-order valence-electron chi connectivity index (χ4n) is 2.22. The highest BCUT2D eigenvalue weighted by Crippen LogP contribution is 2.08. The van der Waals surface area contributed by atoms with Crippen molar-refractivity contribution in [1.29, 1.82) is 0 Å². The zero-order chi connectivity index (χ0) is 14.8. The van der Waals surface area contributed by atoms with E-state index in [9.17, 15) is 0 Å². The Kier molecular flexibility index (Phi) is 8.51. The molecule has 0 bridgehead atoms. The predicted molar refractivity (Wildman–Crippen MR) is 87.9 cm³/mol. The average molecular weight is 277 g/mol. The van der Waals surface area contributed by atoms with E-state index >= 15 is 0 Å². The summed E-state index contributed by atoms with van der Waals surface area (Å²) in [5.41, 5.74) is 2.78. The molecule has 0 radical (unpaired) electrons. The number of nitrogens with one attached hydrogen (secondary N) is 1. The van der Waals surface area contributed by atoms with Crippen LogP contribution in [0.25, 0.3) is 0 Å². The molecule has 114 valence electrons. The lowest BCUT2D eigenvalue weighted by molar-refractivity contribution is 0.234. The van der Waals surface area contributed by atoms with E-state index in [2.05, 4.69) is 67.3 Å². The van der Waals surface area contributed by atoms with Crippen molar-refractivity contribution in [2.75, 3.05) is 40.3 Å². The number of hydrogen-bond donors (Lipinski definition) is 1. The van der Waals surface area contributed by atoms with E-state index in [0.29, 0.717) is 0 Å². The number of nitrogens with zero attached hydrogens (tertiary/aromatic N) is 2. The van der Waals surface area contributed by atoms with Gasteiger partial charge in [0.05, 0.1) is 0 Å². The van der Waals surface area contributed by atoms with Crippen LogP contribution in [0.5, 0.6) is 0 Å². The van der Waals surface area contributed by atoms with Gasteiger partial charge in [-0.3, -0.25) is 4.90 Å². The Hall–Kier alpha value is -0.900.